The lowest BCUT2D eigenvalue weighted by Crippen LogP contribution is -2.52. The van der Waals surface area contributed by atoms with Crippen LogP contribution in [0.3, 0.4) is 0 Å². The van der Waals surface area contributed by atoms with Gasteiger partial charge in [0, 0.05) is 17.3 Å². The molecule has 3 aromatic rings. The Labute approximate surface area is 230 Å². The van der Waals surface area contributed by atoms with Crippen LogP contribution in [0.1, 0.15) is 43.3 Å². The second-order valence-electron chi connectivity index (χ2n) is 9.33. The van der Waals surface area contributed by atoms with Gasteiger partial charge < -0.3 is 15.7 Å². The van der Waals surface area contributed by atoms with E-state index in [0.29, 0.717) is 11.3 Å². The molecule has 0 aliphatic carbocycles. The third kappa shape index (κ3) is 7.73. The van der Waals surface area contributed by atoms with Crippen molar-refractivity contribution in [3.05, 3.63) is 64.2 Å². The van der Waals surface area contributed by atoms with Crippen molar-refractivity contribution >= 4 is 54.9 Å². The summed E-state index contributed by atoms with van der Waals surface area (Å²) in [6.45, 7) is 5.24. The first-order valence-electron chi connectivity index (χ1n) is 12.1. The maximum Gasteiger partial charge on any atom is 0.262 e. The molecule has 8 nitrogen and oxygen atoms in total. The van der Waals surface area contributed by atoms with Crippen LogP contribution in [0, 0.1) is 11.7 Å². The van der Waals surface area contributed by atoms with Crippen LogP contribution < -0.4 is 15.4 Å². The van der Waals surface area contributed by atoms with Gasteiger partial charge >= 0.3 is 0 Å². The van der Waals surface area contributed by atoms with Crippen molar-refractivity contribution in [3.8, 4) is 0 Å². The Morgan fingerprint density at radius 2 is 1.84 bits per heavy atom. The molecule has 206 valence electrons. The molecule has 3 rings (SSSR count). The van der Waals surface area contributed by atoms with Crippen LogP contribution in [0.2, 0.25) is 5.02 Å². The summed E-state index contributed by atoms with van der Waals surface area (Å²) in [6, 6.07) is 10.5. The van der Waals surface area contributed by atoms with Gasteiger partial charge in [-0.1, -0.05) is 50.6 Å². The summed E-state index contributed by atoms with van der Waals surface area (Å²) in [5.41, 5.74) is 0. The van der Waals surface area contributed by atoms with Gasteiger partial charge in [0.05, 0.1) is 16.0 Å². The fourth-order valence-corrected chi connectivity index (χ4v) is 6.74. The normalized spacial score (nSPS) is 14.3. The maximum absolute atomic E-state index is 13.3. The Morgan fingerprint density at radius 1 is 1.13 bits per heavy atom. The van der Waals surface area contributed by atoms with E-state index in [1.165, 1.54) is 11.3 Å². The highest BCUT2D eigenvalue weighted by Crippen LogP contribution is 2.25. The van der Waals surface area contributed by atoms with E-state index < -0.39 is 39.9 Å². The van der Waals surface area contributed by atoms with Crippen LogP contribution >= 0.6 is 22.9 Å². The lowest BCUT2D eigenvalue weighted by Gasteiger charge is -2.25. The fraction of sp³-hybridized carbons (Fsp3) is 0.385. The molecule has 2 amide bonds. The van der Waals surface area contributed by atoms with E-state index in [2.05, 4.69) is 15.4 Å². The molecular formula is C26H31ClFN3O5S2. The van der Waals surface area contributed by atoms with Crippen LogP contribution in [-0.2, 0) is 14.8 Å². The smallest absolute Gasteiger partial charge is 0.262 e. The SMILES string of the molecule is CC[C@H](NS(=O)(=O)c1ccc(F)cc1Cl)[C@H](O)CNC(=O)C(CC(C)C)NC(=O)c1cc2ccccc2s1. The second kappa shape index (κ2) is 13.0. The maximum atomic E-state index is 13.3. The van der Waals surface area contributed by atoms with E-state index in [0.717, 1.165) is 28.3 Å². The average Bonchev–Trinajstić information content (AvgIpc) is 3.29. The minimum absolute atomic E-state index is 0.0917. The number of nitrogens with one attached hydrogen (secondary N) is 3. The minimum atomic E-state index is -4.17. The summed E-state index contributed by atoms with van der Waals surface area (Å²) in [5, 5.41) is 16.7. The molecule has 0 saturated carbocycles. The molecule has 0 fully saturated rings. The number of hydrogen-bond donors (Lipinski definition) is 4. The van der Waals surface area contributed by atoms with E-state index in [-0.39, 0.29) is 34.7 Å². The van der Waals surface area contributed by atoms with Gasteiger partial charge in [0.2, 0.25) is 15.9 Å². The van der Waals surface area contributed by atoms with Crippen molar-refractivity contribution in [2.24, 2.45) is 5.92 Å². The van der Waals surface area contributed by atoms with Gasteiger partial charge in [-0.05, 0) is 54.5 Å². The van der Waals surface area contributed by atoms with Crippen LogP contribution in [0.25, 0.3) is 10.1 Å². The summed E-state index contributed by atoms with van der Waals surface area (Å²) in [6.07, 6.45) is -0.713. The Morgan fingerprint density at radius 3 is 2.47 bits per heavy atom. The molecule has 1 unspecified atom stereocenters. The number of aliphatic hydroxyl groups is 1. The minimum Gasteiger partial charge on any atom is -0.390 e. The quantitative estimate of drug-likeness (QED) is 0.256. The number of rotatable bonds is 12. The number of benzene rings is 2. The van der Waals surface area contributed by atoms with E-state index in [9.17, 15) is 27.5 Å². The van der Waals surface area contributed by atoms with E-state index >= 15 is 0 Å². The Kier molecular flexibility index (Phi) is 10.2. The highest BCUT2D eigenvalue weighted by atomic mass is 35.5. The summed E-state index contributed by atoms with van der Waals surface area (Å²) in [4.78, 5) is 26.0. The third-order valence-corrected chi connectivity index (χ3v) is 8.95. The number of aliphatic hydroxyl groups excluding tert-OH is 1. The molecule has 3 atom stereocenters. The lowest BCUT2D eigenvalue weighted by atomic mass is 10.0. The molecule has 4 N–H and O–H groups in total. The van der Waals surface area contributed by atoms with E-state index in [1.807, 2.05) is 38.1 Å². The number of halogens is 2. The van der Waals surface area contributed by atoms with Crippen molar-refractivity contribution in [1.82, 2.24) is 15.4 Å². The summed E-state index contributed by atoms with van der Waals surface area (Å²) in [7, 11) is -4.17. The Bertz CT molecular complexity index is 1360. The fourth-order valence-electron chi connectivity index (χ4n) is 3.89. The number of amides is 2. The standard InChI is InChI=1S/C26H31ClFN3O5S2/c1-4-19(31-38(35,36)24-10-9-17(28)13-18(24)27)21(32)14-29-25(33)20(11-15(2)3)30-26(34)23-12-16-7-5-6-8-22(16)37-23/h5-10,12-13,15,19-21,31-32H,4,11,14H2,1-3H3,(H,29,33)(H,30,34)/t19-,20?,21+/m0/s1. The van der Waals surface area contributed by atoms with Gasteiger partial charge in [-0.2, -0.15) is 0 Å². The third-order valence-electron chi connectivity index (χ3n) is 5.86. The van der Waals surface area contributed by atoms with Gasteiger partial charge in [-0.15, -0.1) is 11.3 Å². The van der Waals surface area contributed by atoms with Crippen molar-refractivity contribution in [2.75, 3.05) is 6.54 Å². The molecule has 0 bridgehead atoms. The molecule has 0 radical (unpaired) electrons. The van der Waals surface area contributed by atoms with E-state index in [1.54, 1.807) is 13.0 Å². The molecule has 1 aromatic heterocycles. The van der Waals surface area contributed by atoms with Crippen molar-refractivity contribution in [2.45, 2.75) is 56.7 Å². The number of carbonyl (C=O) groups excluding carboxylic acids is 2. The first-order chi connectivity index (χ1) is 17.9. The summed E-state index contributed by atoms with van der Waals surface area (Å²) >= 11 is 7.22. The molecule has 2 aromatic carbocycles. The molecule has 0 aliphatic rings. The highest BCUT2D eigenvalue weighted by molar-refractivity contribution is 7.89. The molecule has 0 aliphatic heterocycles. The lowest BCUT2D eigenvalue weighted by molar-refractivity contribution is -0.123. The summed E-state index contributed by atoms with van der Waals surface area (Å²) < 4.78 is 42.2. The molecule has 38 heavy (non-hydrogen) atoms. The van der Waals surface area contributed by atoms with E-state index in [4.69, 9.17) is 11.6 Å². The molecular weight excluding hydrogens is 553 g/mol. The Balaban J connectivity index is 1.64. The molecule has 12 heteroatoms. The first kappa shape index (κ1) is 30.0. The number of carbonyl (C=O) groups is 2. The van der Waals surface area contributed by atoms with Crippen LogP contribution in [0.4, 0.5) is 4.39 Å². The van der Waals surface area contributed by atoms with Crippen LogP contribution in [0.15, 0.2) is 53.4 Å². The molecule has 0 spiro atoms. The van der Waals surface area contributed by atoms with Gasteiger partial charge in [-0.25, -0.2) is 17.5 Å². The second-order valence-corrected chi connectivity index (χ2v) is 12.5. The van der Waals surface area contributed by atoms with Crippen molar-refractivity contribution < 1.29 is 27.5 Å². The zero-order valence-electron chi connectivity index (χ0n) is 21.2. The zero-order valence-corrected chi connectivity index (χ0v) is 23.6. The molecule has 1 heterocycles. The first-order valence-corrected chi connectivity index (χ1v) is 14.8. The number of fused-ring (bicyclic) bond motifs is 1. The summed E-state index contributed by atoms with van der Waals surface area (Å²) in [5.74, 6) is -1.46. The van der Waals surface area contributed by atoms with Crippen molar-refractivity contribution in [3.63, 3.8) is 0 Å². The number of thiophene rings is 1. The average molecular weight is 584 g/mol. The van der Waals surface area contributed by atoms with Crippen LogP contribution in [-0.4, -0.2) is 50.1 Å². The Hall–Kier alpha value is -2.57. The molecule has 0 saturated heterocycles. The van der Waals surface area contributed by atoms with Gasteiger partial charge in [0.25, 0.3) is 5.91 Å². The van der Waals surface area contributed by atoms with Crippen molar-refractivity contribution in [1.29, 1.82) is 0 Å². The number of sulfonamides is 1. The monoisotopic (exact) mass is 583 g/mol. The van der Waals surface area contributed by atoms with Crippen LogP contribution in [0.5, 0.6) is 0 Å². The van der Waals surface area contributed by atoms with Gasteiger partial charge in [0.1, 0.15) is 16.8 Å². The highest BCUT2D eigenvalue weighted by Gasteiger charge is 2.28. The number of hydrogen-bond acceptors (Lipinski definition) is 6. The zero-order chi connectivity index (χ0) is 28.0. The predicted molar refractivity (Wildman–Crippen MR) is 147 cm³/mol. The predicted octanol–water partition coefficient (Wildman–Crippen LogP) is 4.07. The topological polar surface area (TPSA) is 125 Å². The van der Waals surface area contributed by atoms with Gasteiger partial charge in [0.15, 0.2) is 0 Å². The largest absolute Gasteiger partial charge is 0.390 e. The van der Waals surface area contributed by atoms with Gasteiger partial charge in [-0.3, -0.25) is 9.59 Å².